The highest BCUT2D eigenvalue weighted by Crippen LogP contribution is 2.42. The van der Waals surface area contributed by atoms with Gasteiger partial charge in [0.05, 0.1) is 17.3 Å². The highest BCUT2D eigenvalue weighted by atomic mass is 32.1. The van der Waals surface area contributed by atoms with Gasteiger partial charge in [0.1, 0.15) is 11.9 Å². The first kappa shape index (κ1) is 21.8. The summed E-state index contributed by atoms with van der Waals surface area (Å²) in [5.74, 6) is -1.28. The number of anilines is 1. The zero-order valence-corrected chi connectivity index (χ0v) is 19.0. The Morgan fingerprint density at radius 2 is 1.91 bits per heavy atom. The van der Waals surface area contributed by atoms with E-state index in [-0.39, 0.29) is 23.5 Å². The molecule has 0 bridgehead atoms. The first-order chi connectivity index (χ1) is 16.4. The van der Waals surface area contributed by atoms with Crippen molar-refractivity contribution in [1.82, 2.24) is 14.9 Å². The number of carboxylic acids is 1. The third-order valence-corrected chi connectivity index (χ3v) is 6.29. The number of carboxylic acid groups (broad SMARTS) is 1. The van der Waals surface area contributed by atoms with Crippen molar-refractivity contribution in [2.75, 3.05) is 4.90 Å². The number of hydrogen-bond acceptors (Lipinski definition) is 3. The number of nitrogens with zero attached hydrogens (tertiary/aromatic N) is 3. The van der Waals surface area contributed by atoms with Crippen LogP contribution in [0.4, 0.5) is 10.1 Å². The van der Waals surface area contributed by atoms with E-state index >= 15 is 0 Å². The van der Waals surface area contributed by atoms with Crippen LogP contribution in [0.3, 0.4) is 0 Å². The van der Waals surface area contributed by atoms with Crippen LogP contribution in [0.15, 0.2) is 85.2 Å². The van der Waals surface area contributed by atoms with Crippen molar-refractivity contribution in [2.45, 2.75) is 19.0 Å². The molecule has 1 aliphatic rings. The molecule has 5 rings (SSSR count). The summed E-state index contributed by atoms with van der Waals surface area (Å²) in [5, 5.41) is 13.4. The summed E-state index contributed by atoms with van der Waals surface area (Å²) in [6.07, 6.45) is 3.62. The van der Waals surface area contributed by atoms with Crippen molar-refractivity contribution in [3.63, 3.8) is 0 Å². The Hall–Kier alpha value is -4.04. The molecular weight excluding hydrogens is 451 g/mol. The number of nitrogens with one attached hydrogen (secondary N) is 1. The first-order valence-corrected chi connectivity index (χ1v) is 11.1. The minimum Gasteiger partial charge on any atom is -0.478 e. The average Bonchev–Trinajstić information content (AvgIpc) is 3.46. The fourth-order valence-electron chi connectivity index (χ4n) is 4.37. The van der Waals surface area contributed by atoms with Gasteiger partial charge in [0, 0.05) is 29.5 Å². The lowest BCUT2D eigenvalue weighted by Crippen LogP contribution is -2.30. The van der Waals surface area contributed by atoms with Gasteiger partial charge in [0.25, 0.3) is 0 Å². The Labute approximate surface area is 201 Å². The van der Waals surface area contributed by atoms with E-state index < -0.39 is 5.97 Å². The molecule has 2 aromatic carbocycles. The van der Waals surface area contributed by atoms with Gasteiger partial charge in [-0.2, -0.15) is 0 Å². The predicted molar refractivity (Wildman–Crippen MR) is 132 cm³/mol. The van der Waals surface area contributed by atoms with Gasteiger partial charge in [-0.15, -0.1) is 0 Å². The molecule has 0 saturated carbocycles. The Bertz CT molecular complexity index is 1390. The summed E-state index contributed by atoms with van der Waals surface area (Å²) in [5.41, 5.74) is 3.88. The molecule has 0 radical (unpaired) electrons. The molecule has 8 heteroatoms. The second kappa shape index (κ2) is 8.72. The molecule has 0 spiro atoms. The average molecular weight is 473 g/mol. The Morgan fingerprint density at radius 1 is 1.06 bits per heavy atom. The minimum atomic E-state index is -0.992. The highest BCUT2D eigenvalue weighted by molar-refractivity contribution is 7.80. The molecule has 34 heavy (non-hydrogen) atoms. The lowest BCUT2D eigenvalue weighted by atomic mass is 10.0. The van der Waals surface area contributed by atoms with Gasteiger partial charge in [0.15, 0.2) is 5.11 Å². The van der Waals surface area contributed by atoms with Crippen LogP contribution in [0.25, 0.3) is 5.69 Å². The maximum Gasteiger partial charge on any atom is 0.335 e. The van der Waals surface area contributed by atoms with Crippen LogP contribution in [0.5, 0.6) is 0 Å². The van der Waals surface area contributed by atoms with E-state index in [1.54, 1.807) is 43.5 Å². The topological polar surface area (TPSA) is 70.4 Å². The van der Waals surface area contributed by atoms with Gasteiger partial charge in [-0.3, -0.25) is 4.98 Å². The van der Waals surface area contributed by atoms with Gasteiger partial charge in [-0.1, -0.05) is 12.1 Å². The highest BCUT2D eigenvalue weighted by Gasteiger charge is 2.42. The van der Waals surface area contributed by atoms with Crippen LogP contribution in [0.1, 0.15) is 39.4 Å². The molecule has 0 aliphatic carbocycles. The molecule has 4 aromatic rings. The molecule has 1 aliphatic heterocycles. The van der Waals surface area contributed by atoms with Crippen LogP contribution in [-0.2, 0) is 0 Å². The summed E-state index contributed by atoms with van der Waals surface area (Å²) in [6.45, 7) is 1.72. The van der Waals surface area contributed by atoms with Gasteiger partial charge in [-0.05, 0) is 85.4 Å². The number of aryl methyl sites for hydroxylation is 1. The summed E-state index contributed by atoms with van der Waals surface area (Å²) in [6, 6.07) is 20.7. The first-order valence-electron chi connectivity index (χ1n) is 10.7. The number of pyridine rings is 1. The van der Waals surface area contributed by atoms with Crippen molar-refractivity contribution in [3.05, 3.63) is 114 Å². The number of benzene rings is 2. The molecule has 0 unspecified atom stereocenters. The third-order valence-electron chi connectivity index (χ3n) is 5.97. The Kier molecular flexibility index (Phi) is 5.59. The van der Waals surface area contributed by atoms with Crippen LogP contribution < -0.4 is 10.2 Å². The van der Waals surface area contributed by atoms with E-state index in [4.69, 9.17) is 12.2 Å². The molecule has 3 heterocycles. The van der Waals surface area contributed by atoms with Crippen LogP contribution in [0, 0.1) is 12.7 Å². The van der Waals surface area contributed by atoms with E-state index in [0.717, 1.165) is 17.1 Å². The molecular formula is C26H21FN4O2S. The van der Waals surface area contributed by atoms with Crippen molar-refractivity contribution in [1.29, 1.82) is 0 Å². The SMILES string of the molecule is Cc1cc(N2C(=S)N[C@H](c3ccccn3)[C@@H]2c2cccn2-c2cccc(C(=O)O)c2)ccc1F. The summed E-state index contributed by atoms with van der Waals surface area (Å²) in [4.78, 5) is 18.1. The molecule has 2 aromatic heterocycles. The summed E-state index contributed by atoms with van der Waals surface area (Å²) < 4.78 is 16.0. The molecule has 0 amide bonds. The zero-order chi connectivity index (χ0) is 23.8. The largest absolute Gasteiger partial charge is 0.478 e. The van der Waals surface area contributed by atoms with Crippen LogP contribution in [0.2, 0.25) is 0 Å². The fourth-order valence-corrected chi connectivity index (χ4v) is 4.72. The maximum absolute atomic E-state index is 14.1. The number of carbonyl (C=O) groups is 1. The van der Waals surface area contributed by atoms with Crippen molar-refractivity contribution < 1.29 is 14.3 Å². The maximum atomic E-state index is 14.1. The molecule has 2 atom stereocenters. The quantitative estimate of drug-likeness (QED) is 0.390. The Morgan fingerprint density at radius 3 is 2.65 bits per heavy atom. The number of hydrogen-bond donors (Lipinski definition) is 2. The predicted octanol–water partition coefficient (Wildman–Crippen LogP) is 5.20. The third kappa shape index (κ3) is 3.82. The molecule has 1 fully saturated rings. The zero-order valence-electron chi connectivity index (χ0n) is 18.2. The van der Waals surface area contributed by atoms with Crippen LogP contribution >= 0.6 is 12.2 Å². The second-order valence-electron chi connectivity index (χ2n) is 8.09. The molecule has 1 saturated heterocycles. The van der Waals surface area contributed by atoms with Gasteiger partial charge in [0.2, 0.25) is 0 Å². The standard InChI is InChI=1S/C26H21FN4O2S/c1-16-14-19(10-11-20(16)27)31-24(23(29-26(31)34)21-8-2-3-12-28-21)22-9-5-13-30(22)18-7-4-6-17(15-18)25(32)33/h2-15,23-24H,1H3,(H,29,34)(H,32,33)/t23-,24+/m1/s1. The van der Waals surface area contributed by atoms with Gasteiger partial charge in [-0.25, -0.2) is 9.18 Å². The number of aromatic nitrogens is 2. The second-order valence-corrected chi connectivity index (χ2v) is 8.48. The number of halogens is 1. The minimum absolute atomic E-state index is 0.199. The summed E-state index contributed by atoms with van der Waals surface area (Å²) >= 11 is 5.75. The van der Waals surface area contributed by atoms with Gasteiger partial charge >= 0.3 is 5.97 Å². The molecule has 6 nitrogen and oxygen atoms in total. The van der Waals surface area contributed by atoms with Crippen molar-refractivity contribution in [3.8, 4) is 5.69 Å². The monoisotopic (exact) mass is 472 g/mol. The van der Waals surface area contributed by atoms with E-state index in [1.807, 2.05) is 52.1 Å². The van der Waals surface area contributed by atoms with E-state index in [9.17, 15) is 14.3 Å². The van der Waals surface area contributed by atoms with E-state index in [0.29, 0.717) is 16.4 Å². The Balaban J connectivity index is 1.67. The van der Waals surface area contributed by atoms with Gasteiger partial charge < -0.3 is 19.9 Å². The van der Waals surface area contributed by atoms with E-state index in [1.165, 1.54) is 6.07 Å². The molecule has 170 valence electrons. The normalized spacial score (nSPS) is 17.6. The van der Waals surface area contributed by atoms with E-state index in [2.05, 4.69) is 10.3 Å². The lowest BCUT2D eigenvalue weighted by molar-refractivity contribution is 0.0697. The number of aromatic carboxylic acids is 1. The number of thiocarbonyl (C=S) groups is 1. The van der Waals surface area contributed by atoms with Crippen LogP contribution in [-0.4, -0.2) is 25.7 Å². The van der Waals surface area contributed by atoms with Crippen molar-refractivity contribution >= 4 is 29.0 Å². The fraction of sp³-hybridized carbons (Fsp3) is 0.115. The summed E-state index contributed by atoms with van der Waals surface area (Å²) in [7, 11) is 0. The van der Waals surface area contributed by atoms with Crippen molar-refractivity contribution in [2.24, 2.45) is 0 Å². The lowest BCUT2D eigenvalue weighted by Gasteiger charge is -2.29. The number of rotatable bonds is 5. The molecule has 2 N–H and O–H groups in total. The smallest absolute Gasteiger partial charge is 0.335 e.